The van der Waals surface area contributed by atoms with Crippen molar-refractivity contribution in [3.8, 4) is 5.75 Å². The van der Waals surface area contributed by atoms with Crippen LogP contribution in [0.4, 0.5) is 13.2 Å². The van der Waals surface area contributed by atoms with Crippen molar-refractivity contribution in [3.63, 3.8) is 0 Å². The van der Waals surface area contributed by atoms with Crippen LogP contribution in [0.3, 0.4) is 0 Å². The van der Waals surface area contributed by atoms with E-state index in [0.29, 0.717) is 23.6 Å². The molecule has 1 aromatic carbocycles. The van der Waals surface area contributed by atoms with E-state index in [4.69, 9.17) is 21.1 Å². The zero-order valence-corrected chi connectivity index (χ0v) is 16.3. The van der Waals surface area contributed by atoms with E-state index < -0.39 is 34.6 Å². The fraction of sp³-hybridized carbons (Fsp3) is 0.316. The molecule has 0 saturated carbocycles. The van der Waals surface area contributed by atoms with E-state index in [9.17, 15) is 22.8 Å². The van der Waals surface area contributed by atoms with Crippen LogP contribution in [-0.2, 0) is 27.0 Å². The number of hydrogen-bond donors (Lipinski definition) is 1. The molecule has 0 spiro atoms. The Balaban J connectivity index is 2.28. The molecule has 1 heterocycles. The number of halogens is 4. The summed E-state index contributed by atoms with van der Waals surface area (Å²) in [5, 5.41) is 2.08. The molecule has 0 aliphatic heterocycles. The molecule has 0 aliphatic carbocycles. The van der Waals surface area contributed by atoms with Crippen molar-refractivity contribution in [3.05, 3.63) is 58.4 Å². The third kappa shape index (κ3) is 5.83. The Bertz CT molecular complexity index is 890. The first-order chi connectivity index (χ1) is 13.7. The third-order valence-electron chi connectivity index (χ3n) is 3.86. The summed E-state index contributed by atoms with van der Waals surface area (Å²) in [6, 6.07) is 7.47. The predicted octanol–water partition coefficient (Wildman–Crippen LogP) is 3.73. The van der Waals surface area contributed by atoms with Crippen LogP contribution in [0.25, 0.3) is 0 Å². The molecular weight excluding hydrogens is 413 g/mol. The molecule has 10 heteroatoms. The summed E-state index contributed by atoms with van der Waals surface area (Å²) < 4.78 is 48.5. The number of pyridine rings is 1. The molecule has 0 unspecified atom stereocenters. The van der Waals surface area contributed by atoms with Crippen LogP contribution in [0, 0.1) is 0 Å². The number of nitrogens with one attached hydrogen (secondary N) is 1. The Morgan fingerprint density at radius 3 is 2.59 bits per heavy atom. The van der Waals surface area contributed by atoms with Gasteiger partial charge in [-0.05, 0) is 30.7 Å². The smallest absolute Gasteiger partial charge is 0.417 e. The van der Waals surface area contributed by atoms with E-state index in [0.717, 1.165) is 0 Å². The van der Waals surface area contributed by atoms with Gasteiger partial charge in [0.05, 0.1) is 30.0 Å². The monoisotopic (exact) mass is 430 g/mol. The first kappa shape index (κ1) is 22.5. The minimum Gasteiger partial charge on any atom is -0.497 e. The first-order valence-corrected chi connectivity index (χ1v) is 8.85. The van der Waals surface area contributed by atoms with E-state index in [1.165, 1.54) is 14.0 Å². The highest BCUT2D eigenvalue weighted by molar-refractivity contribution is 6.32. The van der Waals surface area contributed by atoms with Gasteiger partial charge in [0.15, 0.2) is 5.92 Å². The number of esters is 1. The summed E-state index contributed by atoms with van der Waals surface area (Å²) in [7, 11) is 1.49. The molecule has 0 saturated heterocycles. The highest BCUT2D eigenvalue weighted by atomic mass is 35.5. The lowest BCUT2D eigenvalue weighted by Gasteiger charge is -2.17. The van der Waals surface area contributed by atoms with Gasteiger partial charge in [-0.25, -0.2) is 0 Å². The summed E-state index contributed by atoms with van der Waals surface area (Å²) in [4.78, 5) is 28.6. The highest BCUT2D eigenvalue weighted by Crippen LogP contribution is 2.33. The number of alkyl halides is 3. The number of nitrogens with zero attached hydrogens (tertiary/aromatic N) is 1. The fourth-order valence-corrected chi connectivity index (χ4v) is 2.73. The number of rotatable bonds is 7. The molecular formula is C19H18ClF3N2O4. The molecule has 2 rings (SSSR count). The Hall–Kier alpha value is -2.81. The largest absolute Gasteiger partial charge is 0.497 e. The van der Waals surface area contributed by atoms with Crippen molar-refractivity contribution >= 4 is 23.5 Å². The topological polar surface area (TPSA) is 77.5 Å². The van der Waals surface area contributed by atoms with Gasteiger partial charge in [0, 0.05) is 12.7 Å². The summed E-state index contributed by atoms with van der Waals surface area (Å²) in [5.41, 5.74) is -0.723. The Kier molecular flexibility index (Phi) is 7.44. The molecule has 2 aromatic rings. The SMILES string of the molecule is CCOC(=O)[C@H](C(=O)NCc1cccc(OC)c1)c1ncc(C(F)(F)F)cc1Cl. The van der Waals surface area contributed by atoms with Crippen molar-refractivity contribution in [1.82, 2.24) is 10.3 Å². The summed E-state index contributed by atoms with van der Waals surface area (Å²) in [6.07, 6.45) is -4.15. The zero-order chi connectivity index (χ0) is 21.6. The summed E-state index contributed by atoms with van der Waals surface area (Å²) >= 11 is 5.91. The number of aromatic nitrogens is 1. The molecule has 0 aliphatic rings. The van der Waals surface area contributed by atoms with Crippen molar-refractivity contribution in [1.29, 1.82) is 0 Å². The molecule has 0 bridgehead atoms. The molecule has 1 aromatic heterocycles. The number of methoxy groups -OCH3 is 1. The van der Waals surface area contributed by atoms with E-state index in [1.54, 1.807) is 24.3 Å². The lowest BCUT2D eigenvalue weighted by Crippen LogP contribution is -2.35. The van der Waals surface area contributed by atoms with Crippen LogP contribution in [0.5, 0.6) is 5.75 Å². The Morgan fingerprint density at radius 2 is 2.00 bits per heavy atom. The second kappa shape index (κ2) is 9.60. The zero-order valence-electron chi connectivity index (χ0n) is 15.5. The van der Waals surface area contributed by atoms with Gasteiger partial charge < -0.3 is 14.8 Å². The quantitative estimate of drug-likeness (QED) is 0.535. The lowest BCUT2D eigenvalue weighted by atomic mass is 10.0. The van der Waals surface area contributed by atoms with Gasteiger partial charge in [-0.2, -0.15) is 13.2 Å². The maximum Gasteiger partial charge on any atom is 0.417 e. The molecule has 29 heavy (non-hydrogen) atoms. The number of amides is 1. The lowest BCUT2D eigenvalue weighted by molar-refractivity contribution is -0.148. The highest BCUT2D eigenvalue weighted by Gasteiger charge is 2.36. The van der Waals surface area contributed by atoms with Gasteiger partial charge in [0.2, 0.25) is 5.91 Å². The first-order valence-electron chi connectivity index (χ1n) is 8.47. The van der Waals surface area contributed by atoms with Gasteiger partial charge in [0.1, 0.15) is 5.75 Å². The minimum absolute atomic E-state index is 0.0310. The Labute approximate surface area is 170 Å². The molecule has 156 valence electrons. The maximum absolute atomic E-state index is 12.8. The molecule has 1 N–H and O–H groups in total. The van der Waals surface area contributed by atoms with E-state index >= 15 is 0 Å². The maximum atomic E-state index is 12.8. The van der Waals surface area contributed by atoms with Crippen LogP contribution in [0.2, 0.25) is 5.02 Å². The number of ether oxygens (including phenoxy) is 2. The second-order valence-electron chi connectivity index (χ2n) is 5.84. The van der Waals surface area contributed by atoms with Crippen LogP contribution in [0.1, 0.15) is 29.7 Å². The van der Waals surface area contributed by atoms with Crippen LogP contribution >= 0.6 is 11.6 Å². The number of benzene rings is 1. The minimum atomic E-state index is -4.66. The van der Waals surface area contributed by atoms with Gasteiger partial charge in [-0.15, -0.1) is 0 Å². The average Bonchev–Trinajstić information content (AvgIpc) is 2.67. The van der Waals surface area contributed by atoms with Crippen LogP contribution in [-0.4, -0.2) is 30.6 Å². The third-order valence-corrected chi connectivity index (χ3v) is 4.16. The van der Waals surface area contributed by atoms with E-state index in [1.807, 2.05) is 0 Å². The van der Waals surface area contributed by atoms with E-state index in [-0.39, 0.29) is 18.8 Å². The number of carbonyl (C=O) groups excluding carboxylic acids is 2. The molecule has 6 nitrogen and oxygen atoms in total. The van der Waals surface area contributed by atoms with Crippen molar-refractivity contribution in [2.75, 3.05) is 13.7 Å². The van der Waals surface area contributed by atoms with Gasteiger partial charge in [-0.1, -0.05) is 23.7 Å². The normalized spacial score (nSPS) is 12.2. The standard InChI is InChI=1S/C19H18ClF3N2O4/c1-3-29-18(27)15(16-14(20)8-12(10-24-16)19(21,22)23)17(26)25-9-11-5-4-6-13(7-11)28-2/h4-8,10,15H,3,9H2,1-2H3,(H,25,26)/t15-/m0/s1. The molecule has 1 atom stereocenters. The van der Waals surface area contributed by atoms with Crippen LogP contribution in [0.15, 0.2) is 36.5 Å². The van der Waals surface area contributed by atoms with Crippen LogP contribution < -0.4 is 10.1 Å². The Morgan fingerprint density at radius 1 is 1.28 bits per heavy atom. The van der Waals surface area contributed by atoms with Crippen molar-refractivity contribution in [2.24, 2.45) is 0 Å². The van der Waals surface area contributed by atoms with Crippen molar-refractivity contribution in [2.45, 2.75) is 25.6 Å². The van der Waals surface area contributed by atoms with Crippen molar-refractivity contribution < 1.29 is 32.2 Å². The molecule has 0 fully saturated rings. The molecule has 0 radical (unpaired) electrons. The number of hydrogen-bond acceptors (Lipinski definition) is 5. The fourth-order valence-electron chi connectivity index (χ4n) is 2.46. The van der Waals surface area contributed by atoms with Gasteiger partial charge in [0.25, 0.3) is 0 Å². The second-order valence-corrected chi connectivity index (χ2v) is 6.25. The van der Waals surface area contributed by atoms with E-state index in [2.05, 4.69) is 10.3 Å². The van der Waals surface area contributed by atoms with Gasteiger partial charge >= 0.3 is 12.1 Å². The average molecular weight is 431 g/mol. The molecule has 1 amide bonds. The van der Waals surface area contributed by atoms with Gasteiger partial charge in [-0.3, -0.25) is 14.6 Å². The summed E-state index contributed by atoms with van der Waals surface area (Å²) in [6.45, 7) is 1.55. The predicted molar refractivity (Wildman–Crippen MR) is 98.5 cm³/mol. The summed E-state index contributed by atoms with van der Waals surface area (Å²) in [5.74, 6) is -2.81. The number of carbonyl (C=O) groups is 2.